The van der Waals surface area contributed by atoms with Crippen LogP contribution in [0, 0.1) is 0 Å². The number of amides is 1. The fourth-order valence-corrected chi connectivity index (χ4v) is 2.02. The number of carbonyl (C=O) groups excluding carboxylic acids is 1. The van der Waals surface area contributed by atoms with Gasteiger partial charge in [-0.1, -0.05) is 45.4 Å². The Hall–Kier alpha value is -1.66. The highest BCUT2D eigenvalue weighted by atomic mass is 79.9. The Morgan fingerprint density at radius 2 is 2.05 bits per heavy atom. The van der Waals surface area contributed by atoms with E-state index in [1.165, 1.54) is 5.56 Å². The van der Waals surface area contributed by atoms with Gasteiger partial charge in [0.2, 0.25) is 0 Å². The molecule has 1 N–H and O–H groups in total. The number of aromatic nitrogens is 1. The first-order valence-electron chi connectivity index (χ1n) is 6.09. The largest absolute Gasteiger partial charge is 0.377 e. The first-order chi connectivity index (χ1) is 9.72. The molecule has 1 aromatic carbocycles. The van der Waals surface area contributed by atoms with Crippen LogP contribution in [0.3, 0.4) is 0 Å². The Kier molecular flexibility index (Phi) is 5.31. The maximum Gasteiger partial charge on any atom is 0.273 e. The lowest BCUT2D eigenvalue weighted by molar-refractivity contribution is 0.0941. The Bertz CT molecular complexity index is 566. The van der Waals surface area contributed by atoms with Gasteiger partial charge in [-0.25, -0.2) is 0 Å². The molecule has 2 rings (SSSR count). The Balaban J connectivity index is 1.90. The Morgan fingerprint density at radius 1 is 1.35 bits per heavy atom. The molecule has 0 aliphatic carbocycles. The second-order valence-corrected chi connectivity index (χ2v) is 4.81. The smallest absolute Gasteiger partial charge is 0.273 e. The number of methoxy groups -OCH3 is 1. The molecule has 0 unspecified atom stereocenters. The number of hydrogen-bond acceptors (Lipinski definition) is 4. The van der Waals surface area contributed by atoms with Crippen LogP contribution in [-0.2, 0) is 23.2 Å². The van der Waals surface area contributed by atoms with Gasteiger partial charge in [0, 0.05) is 25.1 Å². The molecule has 6 heteroatoms. The molecule has 0 radical (unpaired) electrons. The summed E-state index contributed by atoms with van der Waals surface area (Å²) < 4.78 is 9.87. The molecule has 2 aromatic rings. The predicted molar refractivity (Wildman–Crippen MR) is 77.5 cm³/mol. The topological polar surface area (TPSA) is 64.4 Å². The van der Waals surface area contributed by atoms with Gasteiger partial charge in [0.1, 0.15) is 6.61 Å². The van der Waals surface area contributed by atoms with E-state index in [1.54, 1.807) is 13.2 Å². The first kappa shape index (κ1) is 14.7. The highest BCUT2D eigenvalue weighted by Crippen LogP contribution is 2.08. The zero-order valence-electron chi connectivity index (χ0n) is 11.1. The zero-order chi connectivity index (χ0) is 14.4. The number of nitrogens with one attached hydrogen (secondary N) is 1. The summed E-state index contributed by atoms with van der Waals surface area (Å²) >= 11 is 3.39. The van der Waals surface area contributed by atoms with E-state index in [4.69, 9.17) is 9.26 Å². The van der Waals surface area contributed by atoms with Crippen LogP contribution in [0.2, 0.25) is 0 Å². The Labute approximate surface area is 125 Å². The predicted octanol–water partition coefficient (Wildman–Crippen LogP) is 2.65. The highest BCUT2D eigenvalue weighted by Gasteiger charge is 2.11. The number of halogens is 1. The van der Waals surface area contributed by atoms with Crippen LogP contribution in [0.25, 0.3) is 0 Å². The summed E-state index contributed by atoms with van der Waals surface area (Å²) in [5.74, 6) is 0.264. The van der Waals surface area contributed by atoms with Crippen molar-refractivity contribution in [3.05, 3.63) is 52.9 Å². The van der Waals surface area contributed by atoms with Gasteiger partial charge in [-0.15, -0.1) is 0 Å². The second kappa shape index (κ2) is 7.21. The van der Waals surface area contributed by atoms with Crippen molar-refractivity contribution in [3.8, 4) is 0 Å². The molecule has 0 aliphatic rings. The molecular formula is C14H15BrN2O3. The van der Waals surface area contributed by atoms with Crippen molar-refractivity contribution in [1.82, 2.24) is 10.5 Å². The van der Waals surface area contributed by atoms with Crippen molar-refractivity contribution in [2.24, 2.45) is 0 Å². The van der Waals surface area contributed by atoms with E-state index in [2.05, 4.69) is 26.4 Å². The molecule has 5 nitrogen and oxygen atoms in total. The summed E-state index contributed by atoms with van der Waals surface area (Å²) in [7, 11) is 1.55. The monoisotopic (exact) mass is 338 g/mol. The molecule has 0 saturated heterocycles. The summed E-state index contributed by atoms with van der Waals surface area (Å²) in [6, 6.07) is 9.57. The van der Waals surface area contributed by atoms with Gasteiger partial charge >= 0.3 is 0 Å². The van der Waals surface area contributed by atoms with Crippen molar-refractivity contribution in [2.75, 3.05) is 7.11 Å². The minimum atomic E-state index is -0.263. The normalized spacial score (nSPS) is 10.5. The van der Waals surface area contributed by atoms with Crippen LogP contribution < -0.4 is 5.32 Å². The molecule has 0 atom stereocenters. The number of ether oxygens (including phenoxy) is 1. The first-order valence-corrected chi connectivity index (χ1v) is 7.21. The molecule has 1 heterocycles. The van der Waals surface area contributed by atoms with Gasteiger partial charge < -0.3 is 14.6 Å². The van der Waals surface area contributed by atoms with Crippen LogP contribution in [0.1, 0.15) is 27.4 Å². The van der Waals surface area contributed by atoms with E-state index in [0.29, 0.717) is 18.9 Å². The summed E-state index contributed by atoms with van der Waals surface area (Å²) in [5.41, 5.74) is 2.48. The van der Waals surface area contributed by atoms with Crippen LogP contribution in [0.4, 0.5) is 0 Å². The van der Waals surface area contributed by atoms with Gasteiger partial charge in [-0.05, 0) is 11.1 Å². The maximum absolute atomic E-state index is 11.9. The standard InChI is InChI=1S/C14H15BrN2O3/c1-19-9-12-6-13(17-20-12)14(18)16-8-11-4-2-10(7-15)3-5-11/h2-6H,7-9H2,1H3,(H,16,18). The maximum atomic E-state index is 11.9. The quantitative estimate of drug-likeness (QED) is 0.822. The number of hydrogen-bond donors (Lipinski definition) is 1. The molecule has 106 valence electrons. The van der Waals surface area contributed by atoms with Gasteiger partial charge in [0.25, 0.3) is 5.91 Å². The third-order valence-corrected chi connectivity index (χ3v) is 3.36. The summed E-state index contributed by atoms with van der Waals surface area (Å²) in [4.78, 5) is 11.9. The van der Waals surface area contributed by atoms with E-state index in [1.807, 2.05) is 24.3 Å². The van der Waals surface area contributed by atoms with Gasteiger partial charge in [0.05, 0.1) is 0 Å². The number of nitrogens with zero attached hydrogens (tertiary/aromatic N) is 1. The minimum Gasteiger partial charge on any atom is -0.377 e. The third-order valence-electron chi connectivity index (χ3n) is 2.71. The Morgan fingerprint density at radius 3 is 2.70 bits per heavy atom. The van der Waals surface area contributed by atoms with Gasteiger partial charge in [-0.3, -0.25) is 4.79 Å². The highest BCUT2D eigenvalue weighted by molar-refractivity contribution is 9.08. The molecule has 0 saturated carbocycles. The van der Waals surface area contributed by atoms with Crippen LogP contribution in [0.5, 0.6) is 0 Å². The van der Waals surface area contributed by atoms with Crippen molar-refractivity contribution in [1.29, 1.82) is 0 Å². The van der Waals surface area contributed by atoms with E-state index in [9.17, 15) is 4.79 Å². The molecule has 1 aromatic heterocycles. The van der Waals surface area contributed by atoms with E-state index < -0.39 is 0 Å². The fourth-order valence-electron chi connectivity index (χ4n) is 1.65. The minimum absolute atomic E-state index is 0.258. The second-order valence-electron chi connectivity index (χ2n) is 4.24. The lowest BCUT2D eigenvalue weighted by Crippen LogP contribution is -2.23. The number of rotatable bonds is 6. The summed E-state index contributed by atoms with van der Waals surface area (Å²) in [6.45, 7) is 0.752. The molecule has 0 spiro atoms. The average Bonchev–Trinajstić information content (AvgIpc) is 2.94. The molecule has 0 fully saturated rings. The van der Waals surface area contributed by atoms with Crippen molar-refractivity contribution >= 4 is 21.8 Å². The molecule has 0 bridgehead atoms. The van der Waals surface area contributed by atoms with Gasteiger partial charge in [-0.2, -0.15) is 0 Å². The lowest BCUT2D eigenvalue weighted by atomic mass is 10.1. The third kappa shape index (κ3) is 3.91. The van der Waals surface area contributed by atoms with Crippen LogP contribution >= 0.6 is 15.9 Å². The van der Waals surface area contributed by atoms with E-state index in [0.717, 1.165) is 10.9 Å². The number of alkyl halides is 1. The lowest BCUT2D eigenvalue weighted by Gasteiger charge is -2.03. The molecule has 1 amide bonds. The van der Waals surface area contributed by atoms with Crippen LogP contribution in [0.15, 0.2) is 34.9 Å². The van der Waals surface area contributed by atoms with Crippen molar-refractivity contribution in [3.63, 3.8) is 0 Å². The zero-order valence-corrected chi connectivity index (χ0v) is 12.6. The van der Waals surface area contributed by atoms with Crippen molar-refractivity contribution in [2.45, 2.75) is 18.5 Å². The number of benzene rings is 1. The number of carbonyl (C=O) groups is 1. The molecule has 20 heavy (non-hydrogen) atoms. The molecular weight excluding hydrogens is 324 g/mol. The van der Waals surface area contributed by atoms with Gasteiger partial charge in [0.15, 0.2) is 11.5 Å². The molecule has 0 aliphatic heterocycles. The summed E-state index contributed by atoms with van der Waals surface area (Å²) in [6.07, 6.45) is 0. The average molecular weight is 339 g/mol. The van der Waals surface area contributed by atoms with Crippen LogP contribution in [-0.4, -0.2) is 18.2 Å². The SMILES string of the molecule is COCc1cc(C(=O)NCc2ccc(CBr)cc2)no1. The van der Waals surface area contributed by atoms with E-state index >= 15 is 0 Å². The summed E-state index contributed by atoms with van der Waals surface area (Å²) in [5, 5.41) is 7.32. The van der Waals surface area contributed by atoms with Crippen molar-refractivity contribution < 1.29 is 14.1 Å². The fraction of sp³-hybridized carbons (Fsp3) is 0.286. The van der Waals surface area contributed by atoms with E-state index in [-0.39, 0.29) is 11.6 Å².